The van der Waals surface area contributed by atoms with Crippen LogP contribution in [0, 0.1) is 11.3 Å². The number of rotatable bonds is 5. The van der Waals surface area contributed by atoms with Crippen LogP contribution < -0.4 is 0 Å². The summed E-state index contributed by atoms with van der Waals surface area (Å²) in [6.07, 6.45) is -3.91. The maximum absolute atomic E-state index is 11.5. The number of ether oxygens (including phenoxy) is 5. The van der Waals surface area contributed by atoms with Crippen molar-refractivity contribution in [3.63, 3.8) is 0 Å². The van der Waals surface area contributed by atoms with Gasteiger partial charge in [0.05, 0.1) is 25.9 Å². The van der Waals surface area contributed by atoms with Gasteiger partial charge in [0.25, 0.3) is 0 Å². The molecular formula is C17H18N4O6. The number of nitriles is 1. The number of hydrogen-bond acceptors (Lipinski definition) is 8. The molecule has 2 heterocycles. The molecule has 0 N–H and O–H groups in total. The van der Waals surface area contributed by atoms with Gasteiger partial charge in [-0.15, -0.1) is 0 Å². The molecule has 0 spiro atoms. The van der Waals surface area contributed by atoms with E-state index in [2.05, 4.69) is 14.8 Å². The molecule has 1 aromatic rings. The molecule has 0 radical (unpaired) electrons. The first kappa shape index (κ1) is 19.1. The molecule has 142 valence electrons. The fraction of sp³-hybridized carbons (Fsp3) is 0.529. The van der Waals surface area contributed by atoms with Crippen molar-refractivity contribution in [2.45, 2.75) is 36.7 Å². The summed E-state index contributed by atoms with van der Waals surface area (Å²) < 4.78 is 27.6. The van der Waals surface area contributed by atoms with Gasteiger partial charge < -0.3 is 23.7 Å². The van der Waals surface area contributed by atoms with Gasteiger partial charge in [-0.2, -0.15) is 5.26 Å². The normalized spacial score (nSPS) is 32.4. The van der Waals surface area contributed by atoms with Gasteiger partial charge in [0, 0.05) is 10.5 Å². The first-order valence-electron chi connectivity index (χ1n) is 8.27. The van der Waals surface area contributed by atoms with Crippen LogP contribution in [0.2, 0.25) is 0 Å². The average Bonchev–Trinajstić information content (AvgIpc) is 2.72. The monoisotopic (exact) mass is 374 g/mol. The van der Waals surface area contributed by atoms with E-state index >= 15 is 0 Å². The van der Waals surface area contributed by atoms with Gasteiger partial charge >= 0.3 is 5.97 Å². The minimum atomic E-state index is -1.05. The summed E-state index contributed by atoms with van der Waals surface area (Å²) in [5.41, 5.74) is 9.68. The quantitative estimate of drug-likeness (QED) is 0.331. The number of esters is 1. The van der Waals surface area contributed by atoms with Crippen LogP contribution in [0.5, 0.6) is 0 Å². The number of carbonyl (C=O) groups is 1. The topological polar surface area (TPSA) is 136 Å². The molecule has 27 heavy (non-hydrogen) atoms. The molecule has 3 unspecified atom stereocenters. The molecule has 2 saturated heterocycles. The highest BCUT2D eigenvalue weighted by molar-refractivity contribution is 5.70. The van der Waals surface area contributed by atoms with Crippen molar-refractivity contribution in [1.82, 2.24) is 0 Å². The van der Waals surface area contributed by atoms with E-state index < -0.39 is 42.7 Å². The summed E-state index contributed by atoms with van der Waals surface area (Å²) in [5, 5.41) is 13.0. The van der Waals surface area contributed by atoms with Crippen LogP contribution in [-0.4, -0.2) is 56.8 Å². The molecule has 2 fully saturated rings. The van der Waals surface area contributed by atoms with Gasteiger partial charge in [-0.3, -0.25) is 0 Å². The fourth-order valence-corrected chi connectivity index (χ4v) is 3.08. The summed E-state index contributed by atoms with van der Waals surface area (Å²) in [4.78, 5) is 14.3. The van der Waals surface area contributed by atoms with Crippen LogP contribution in [0.3, 0.4) is 0 Å². The van der Waals surface area contributed by atoms with Crippen molar-refractivity contribution in [3.8, 4) is 6.07 Å². The van der Waals surface area contributed by atoms with E-state index in [1.54, 1.807) is 0 Å². The van der Waals surface area contributed by atoms with Crippen LogP contribution in [0.15, 0.2) is 35.4 Å². The summed E-state index contributed by atoms with van der Waals surface area (Å²) in [6.45, 7) is -0.219. The second-order valence-electron chi connectivity index (χ2n) is 5.95. The van der Waals surface area contributed by atoms with E-state index in [1.807, 2.05) is 36.4 Å². The van der Waals surface area contributed by atoms with Gasteiger partial charge in [0.2, 0.25) is 0 Å². The zero-order valence-electron chi connectivity index (χ0n) is 14.5. The molecule has 3 rings (SSSR count). The molecule has 10 heteroatoms. The highest BCUT2D eigenvalue weighted by Gasteiger charge is 2.50. The predicted molar refractivity (Wildman–Crippen MR) is 89.0 cm³/mol. The van der Waals surface area contributed by atoms with Crippen molar-refractivity contribution in [2.24, 2.45) is 5.11 Å². The molecule has 0 aliphatic carbocycles. The van der Waals surface area contributed by atoms with Crippen LogP contribution in [-0.2, 0) is 28.5 Å². The number of benzene rings is 1. The maximum Gasteiger partial charge on any atom is 0.331 e. The molecule has 0 aromatic heterocycles. The third-order valence-electron chi connectivity index (χ3n) is 4.36. The molecule has 1 aromatic carbocycles. The van der Waals surface area contributed by atoms with Crippen molar-refractivity contribution in [3.05, 3.63) is 46.3 Å². The Kier molecular flexibility index (Phi) is 6.24. The number of fused-ring (bicyclic) bond motifs is 1. The summed E-state index contributed by atoms with van der Waals surface area (Å²) in [7, 11) is 1.23. The Labute approximate surface area is 155 Å². The third-order valence-corrected chi connectivity index (χ3v) is 4.36. The molecule has 0 saturated carbocycles. The van der Waals surface area contributed by atoms with Crippen molar-refractivity contribution in [2.75, 3.05) is 20.3 Å². The fourth-order valence-electron chi connectivity index (χ4n) is 3.08. The highest BCUT2D eigenvalue weighted by atomic mass is 16.7. The zero-order chi connectivity index (χ0) is 19.2. The maximum atomic E-state index is 11.5. The lowest BCUT2D eigenvalue weighted by molar-refractivity contribution is -0.312. The molecule has 0 amide bonds. The number of hydrogen-bond donors (Lipinski definition) is 0. The number of nitrogens with zero attached hydrogens (tertiary/aromatic N) is 4. The smallest absolute Gasteiger partial charge is 0.331 e. The van der Waals surface area contributed by atoms with Gasteiger partial charge in [0.15, 0.2) is 12.4 Å². The lowest BCUT2D eigenvalue weighted by Crippen LogP contribution is -2.61. The Morgan fingerprint density at radius 1 is 1.41 bits per heavy atom. The standard InChI is InChI=1S/C17H18N4O6/c1-23-13(22)9-24-16-14(20-21-19)11(7-18)26-12-8-25-17(27-15(12)16)10-5-3-2-4-6-10/h2-6,11-12,14-17H,8-9H2,1H3/t11-,12?,14?,15-,16+,17?/m0/s1. The molecule has 10 nitrogen and oxygen atoms in total. The van der Waals surface area contributed by atoms with E-state index in [9.17, 15) is 10.1 Å². The first-order chi connectivity index (χ1) is 13.2. The van der Waals surface area contributed by atoms with Crippen molar-refractivity contribution in [1.29, 1.82) is 5.26 Å². The number of azide groups is 1. The lowest BCUT2D eigenvalue weighted by atomic mass is 9.92. The van der Waals surface area contributed by atoms with Crippen molar-refractivity contribution >= 4 is 5.97 Å². The van der Waals surface area contributed by atoms with E-state index in [4.69, 9.17) is 24.5 Å². The van der Waals surface area contributed by atoms with Gasteiger partial charge in [0.1, 0.15) is 24.9 Å². The lowest BCUT2D eigenvalue weighted by Gasteiger charge is -2.46. The predicted octanol–water partition coefficient (Wildman–Crippen LogP) is 1.63. The minimum absolute atomic E-state index is 0.156. The van der Waals surface area contributed by atoms with E-state index in [0.29, 0.717) is 0 Å². The van der Waals surface area contributed by atoms with Crippen LogP contribution in [0.25, 0.3) is 10.4 Å². The third kappa shape index (κ3) is 4.19. The summed E-state index contributed by atoms with van der Waals surface area (Å²) in [5.74, 6) is -0.599. The van der Waals surface area contributed by atoms with E-state index in [-0.39, 0.29) is 13.2 Å². The molecule has 0 bridgehead atoms. The second kappa shape index (κ2) is 8.81. The van der Waals surface area contributed by atoms with Crippen LogP contribution >= 0.6 is 0 Å². The summed E-state index contributed by atoms with van der Waals surface area (Å²) in [6, 6.07) is 10.2. The minimum Gasteiger partial charge on any atom is -0.467 e. The Hall–Kier alpha value is -2.67. The second-order valence-corrected chi connectivity index (χ2v) is 5.95. The Morgan fingerprint density at radius 3 is 2.85 bits per heavy atom. The van der Waals surface area contributed by atoms with E-state index in [1.165, 1.54) is 7.11 Å². The molecule has 2 aliphatic rings. The molecule has 6 atom stereocenters. The molecular weight excluding hydrogens is 356 g/mol. The van der Waals surface area contributed by atoms with E-state index in [0.717, 1.165) is 5.56 Å². The van der Waals surface area contributed by atoms with Gasteiger partial charge in [-0.25, -0.2) is 4.79 Å². The van der Waals surface area contributed by atoms with Crippen molar-refractivity contribution < 1.29 is 28.5 Å². The van der Waals surface area contributed by atoms with Gasteiger partial charge in [-0.1, -0.05) is 35.4 Å². The zero-order valence-corrected chi connectivity index (χ0v) is 14.5. The Morgan fingerprint density at radius 2 is 2.19 bits per heavy atom. The van der Waals surface area contributed by atoms with Crippen LogP contribution in [0.4, 0.5) is 0 Å². The first-order valence-corrected chi connectivity index (χ1v) is 8.27. The average molecular weight is 374 g/mol. The SMILES string of the molecule is COC(=O)CO[C@@H]1C(N=[N+]=[N-])[C@H](C#N)OC2COC(c3ccccc3)O[C@@H]21. The van der Waals surface area contributed by atoms with Gasteiger partial charge in [-0.05, 0) is 5.53 Å². The Bertz CT molecular complexity index is 748. The van der Waals surface area contributed by atoms with Crippen LogP contribution in [0.1, 0.15) is 11.9 Å². The highest BCUT2D eigenvalue weighted by Crippen LogP contribution is 2.36. The largest absolute Gasteiger partial charge is 0.467 e. The Balaban J connectivity index is 1.85. The number of carbonyl (C=O) groups excluding carboxylic acids is 1. The number of methoxy groups -OCH3 is 1. The molecule has 2 aliphatic heterocycles. The summed E-state index contributed by atoms with van der Waals surface area (Å²) >= 11 is 0.